The van der Waals surface area contributed by atoms with Gasteiger partial charge in [0.25, 0.3) is 0 Å². The van der Waals surface area contributed by atoms with Crippen LogP contribution in [0.3, 0.4) is 0 Å². The maximum Gasteiger partial charge on any atom is 0.305 e. The van der Waals surface area contributed by atoms with E-state index in [1.807, 2.05) is 6.92 Å². The van der Waals surface area contributed by atoms with E-state index in [0.29, 0.717) is 13.0 Å². The molecule has 0 saturated heterocycles. The van der Waals surface area contributed by atoms with Crippen LogP contribution in [0.4, 0.5) is 0 Å². The molecule has 0 amide bonds. The summed E-state index contributed by atoms with van der Waals surface area (Å²) in [6.45, 7) is 13.9. The van der Waals surface area contributed by atoms with Gasteiger partial charge in [0.15, 0.2) is 0 Å². The van der Waals surface area contributed by atoms with Crippen LogP contribution in [-0.2, 0) is 20.4 Å². The van der Waals surface area contributed by atoms with Crippen molar-refractivity contribution >= 4 is 27.5 Å². The first kappa shape index (κ1) is 22.3. The Morgan fingerprint density at radius 2 is 1.37 bits per heavy atom. The number of rotatable bonds is 7. The summed E-state index contributed by atoms with van der Waals surface area (Å²) in [5.41, 5.74) is 2.84. The number of fused-ring (bicyclic) bond motifs is 2. The minimum absolute atomic E-state index is 0.0153. The summed E-state index contributed by atoms with van der Waals surface area (Å²) in [5, 5.41) is 5.13. The number of hydrogen-bond acceptors (Lipinski definition) is 2. The van der Waals surface area contributed by atoms with E-state index in [0.717, 1.165) is 19.3 Å². The lowest BCUT2D eigenvalue weighted by molar-refractivity contribution is -0.143. The van der Waals surface area contributed by atoms with Gasteiger partial charge < -0.3 is 4.74 Å². The molecule has 0 aliphatic rings. The Morgan fingerprint density at radius 1 is 0.800 bits per heavy atom. The second-order valence-corrected chi connectivity index (χ2v) is 10.2. The van der Waals surface area contributed by atoms with E-state index in [1.165, 1.54) is 32.7 Å². The molecule has 3 aromatic rings. The van der Waals surface area contributed by atoms with Gasteiger partial charge in [0.1, 0.15) is 0 Å². The molecule has 2 heteroatoms. The second kappa shape index (κ2) is 8.79. The number of hydrogen-bond donors (Lipinski definition) is 0. The summed E-state index contributed by atoms with van der Waals surface area (Å²) < 4.78 is 5.20. The first-order valence-corrected chi connectivity index (χ1v) is 11.2. The Kier molecular flexibility index (Phi) is 6.55. The van der Waals surface area contributed by atoms with Crippen LogP contribution in [0, 0.1) is 0 Å². The maximum atomic E-state index is 11.8. The van der Waals surface area contributed by atoms with E-state index >= 15 is 0 Å². The van der Waals surface area contributed by atoms with E-state index in [9.17, 15) is 4.79 Å². The van der Waals surface area contributed by atoms with Crippen molar-refractivity contribution in [3.8, 4) is 0 Å². The molecule has 0 N–H and O–H groups in total. The molecule has 30 heavy (non-hydrogen) atoms. The van der Waals surface area contributed by atoms with Gasteiger partial charge in [-0.15, -0.1) is 0 Å². The fourth-order valence-electron chi connectivity index (χ4n) is 3.99. The van der Waals surface area contributed by atoms with Gasteiger partial charge in [-0.1, -0.05) is 77.9 Å². The molecule has 0 bridgehead atoms. The van der Waals surface area contributed by atoms with E-state index in [4.69, 9.17) is 4.74 Å². The van der Waals surface area contributed by atoms with Crippen molar-refractivity contribution in [2.24, 2.45) is 0 Å². The second-order valence-electron chi connectivity index (χ2n) is 10.2. The average Bonchev–Trinajstić information content (AvgIpc) is 2.69. The topological polar surface area (TPSA) is 26.3 Å². The van der Waals surface area contributed by atoms with E-state index < -0.39 is 0 Å². The van der Waals surface area contributed by atoms with Gasteiger partial charge >= 0.3 is 5.97 Å². The monoisotopic (exact) mass is 404 g/mol. The molecule has 3 aromatic carbocycles. The molecule has 0 heterocycles. The third kappa shape index (κ3) is 5.22. The maximum absolute atomic E-state index is 11.8. The van der Waals surface area contributed by atoms with Gasteiger partial charge in [0.2, 0.25) is 0 Å². The highest BCUT2D eigenvalue weighted by Gasteiger charge is 2.21. The normalized spacial score (nSPS) is 12.5. The van der Waals surface area contributed by atoms with Gasteiger partial charge in [-0.2, -0.15) is 0 Å². The number of benzene rings is 3. The Labute approximate surface area is 181 Å². The van der Waals surface area contributed by atoms with Crippen molar-refractivity contribution in [1.82, 2.24) is 0 Å². The lowest BCUT2D eigenvalue weighted by atomic mass is 9.79. The molecular formula is C28H36O2. The lowest BCUT2D eigenvalue weighted by Crippen LogP contribution is -2.18. The smallest absolute Gasteiger partial charge is 0.305 e. The van der Waals surface area contributed by atoms with Crippen LogP contribution in [-0.4, -0.2) is 12.6 Å². The molecule has 160 valence electrons. The highest BCUT2D eigenvalue weighted by Crippen LogP contribution is 2.34. The Balaban J connectivity index is 1.83. The van der Waals surface area contributed by atoms with Crippen LogP contribution >= 0.6 is 0 Å². The molecule has 0 spiro atoms. The highest BCUT2D eigenvalue weighted by molar-refractivity contribution is 5.98. The summed E-state index contributed by atoms with van der Waals surface area (Å²) in [5.74, 6) is -0.0766. The third-order valence-electron chi connectivity index (χ3n) is 6.09. The summed E-state index contributed by atoms with van der Waals surface area (Å²) in [4.78, 5) is 11.8. The summed E-state index contributed by atoms with van der Waals surface area (Å²) >= 11 is 0. The molecule has 0 saturated carbocycles. The first-order valence-electron chi connectivity index (χ1n) is 11.2. The predicted molar refractivity (Wildman–Crippen MR) is 128 cm³/mol. The third-order valence-corrected chi connectivity index (χ3v) is 6.09. The van der Waals surface area contributed by atoms with Crippen LogP contribution in [0.15, 0.2) is 48.5 Å². The molecule has 0 aliphatic heterocycles. The van der Waals surface area contributed by atoms with Gasteiger partial charge in [-0.05, 0) is 74.9 Å². The summed E-state index contributed by atoms with van der Waals surface area (Å²) in [6, 6.07) is 18.2. The minimum atomic E-state index is -0.0766. The zero-order chi connectivity index (χ0) is 21.9. The average molecular weight is 405 g/mol. The van der Waals surface area contributed by atoms with Gasteiger partial charge in [0, 0.05) is 6.42 Å². The zero-order valence-corrected chi connectivity index (χ0v) is 19.5. The molecule has 0 fully saturated rings. The van der Waals surface area contributed by atoms with E-state index in [-0.39, 0.29) is 16.8 Å². The standard InChI is InChI=1S/C28H36O2/c1-7-15-30-26(29)9-8-14-28(5,6)25-13-11-21-16-20-10-12-24(27(2,3)4)18-22(20)17-23(21)19-25/h10-13,16-19H,7-9,14-15H2,1-6H3. The summed E-state index contributed by atoms with van der Waals surface area (Å²) in [6.07, 6.45) is 3.18. The molecule has 2 nitrogen and oxygen atoms in total. The van der Waals surface area contributed by atoms with Crippen LogP contribution in [0.25, 0.3) is 21.5 Å². The Morgan fingerprint density at radius 3 is 1.97 bits per heavy atom. The number of carbonyl (C=O) groups is 1. The number of ether oxygens (including phenoxy) is 1. The number of esters is 1. The Hall–Kier alpha value is -2.35. The number of carbonyl (C=O) groups excluding carboxylic acids is 1. The van der Waals surface area contributed by atoms with Crippen molar-refractivity contribution in [2.75, 3.05) is 6.61 Å². The molecular weight excluding hydrogens is 368 g/mol. The fourth-order valence-corrected chi connectivity index (χ4v) is 3.99. The van der Waals surface area contributed by atoms with Crippen molar-refractivity contribution < 1.29 is 9.53 Å². The predicted octanol–water partition coefficient (Wildman–Crippen LogP) is 7.69. The van der Waals surface area contributed by atoms with Crippen LogP contribution in [0.2, 0.25) is 0 Å². The van der Waals surface area contributed by atoms with Gasteiger partial charge in [-0.3, -0.25) is 4.79 Å². The highest BCUT2D eigenvalue weighted by atomic mass is 16.5. The van der Waals surface area contributed by atoms with Crippen LogP contribution in [0.1, 0.15) is 78.4 Å². The molecule has 0 atom stereocenters. The largest absolute Gasteiger partial charge is 0.466 e. The van der Waals surface area contributed by atoms with Gasteiger partial charge in [-0.25, -0.2) is 0 Å². The SMILES string of the molecule is CCCOC(=O)CCCC(C)(C)c1ccc2cc3ccc(C(C)(C)C)cc3cc2c1. The summed E-state index contributed by atoms with van der Waals surface area (Å²) in [7, 11) is 0. The van der Waals surface area contributed by atoms with Crippen molar-refractivity contribution in [3.05, 3.63) is 59.7 Å². The van der Waals surface area contributed by atoms with Crippen molar-refractivity contribution in [3.63, 3.8) is 0 Å². The molecule has 0 aromatic heterocycles. The zero-order valence-electron chi connectivity index (χ0n) is 19.5. The fraction of sp³-hybridized carbons (Fsp3) is 0.464. The van der Waals surface area contributed by atoms with Crippen molar-refractivity contribution in [2.45, 2.75) is 78.1 Å². The van der Waals surface area contributed by atoms with Gasteiger partial charge in [0.05, 0.1) is 6.61 Å². The van der Waals surface area contributed by atoms with E-state index in [2.05, 4.69) is 83.1 Å². The molecule has 0 radical (unpaired) electrons. The first-order chi connectivity index (χ1) is 14.1. The lowest BCUT2D eigenvalue weighted by Gasteiger charge is -2.26. The quantitative estimate of drug-likeness (QED) is 0.298. The van der Waals surface area contributed by atoms with Crippen LogP contribution < -0.4 is 0 Å². The Bertz CT molecular complexity index is 1040. The van der Waals surface area contributed by atoms with Crippen LogP contribution in [0.5, 0.6) is 0 Å². The van der Waals surface area contributed by atoms with Crippen molar-refractivity contribution in [1.29, 1.82) is 0 Å². The molecule has 0 aliphatic carbocycles. The molecule has 3 rings (SSSR count). The van der Waals surface area contributed by atoms with E-state index in [1.54, 1.807) is 0 Å². The minimum Gasteiger partial charge on any atom is -0.466 e. The molecule has 0 unspecified atom stereocenters.